The van der Waals surface area contributed by atoms with Gasteiger partial charge in [-0.1, -0.05) is 12.1 Å². The lowest BCUT2D eigenvalue weighted by atomic mass is 10.0. The highest BCUT2D eigenvalue weighted by molar-refractivity contribution is 5.24. The van der Waals surface area contributed by atoms with E-state index < -0.39 is 11.7 Å². The van der Waals surface area contributed by atoms with Gasteiger partial charge in [-0.15, -0.1) is 0 Å². The second-order valence-corrected chi connectivity index (χ2v) is 5.98. The van der Waals surface area contributed by atoms with Crippen molar-refractivity contribution in [2.75, 3.05) is 13.1 Å². The third kappa shape index (κ3) is 4.71. The summed E-state index contributed by atoms with van der Waals surface area (Å²) in [6.45, 7) is 7.21. The molecule has 21 heavy (non-hydrogen) atoms. The maximum absolute atomic E-state index is 12.5. The molecule has 1 N–H and O–H groups in total. The topological polar surface area (TPSA) is 15.3 Å². The molecule has 118 valence electrons. The Hall–Kier alpha value is -1.07. The van der Waals surface area contributed by atoms with E-state index in [1.807, 2.05) is 0 Å². The van der Waals surface area contributed by atoms with Crippen LogP contribution < -0.4 is 5.32 Å². The monoisotopic (exact) mass is 300 g/mol. The number of rotatable bonds is 4. The summed E-state index contributed by atoms with van der Waals surface area (Å²) >= 11 is 0. The molecular weight excluding hydrogens is 277 g/mol. The largest absolute Gasteiger partial charge is 0.416 e. The van der Waals surface area contributed by atoms with Gasteiger partial charge in [-0.25, -0.2) is 0 Å². The van der Waals surface area contributed by atoms with Crippen molar-refractivity contribution in [3.05, 3.63) is 35.4 Å². The Balaban J connectivity index is 1.79. The third-order valence-corrected chi connectivity index (χ3v) is 4.14. The molecule has 1 aromatic rings. The van der Waals surface area contributed by atoms with E-state index >= 15 is 0 Å². The van der Waals surface area contributed by atoms with Gasteiger partial charge in [-0.2, -0.15) is 13.2 Å². The standard InChI is InChI=1S/C16H23F3N2/c1-12(2)21-9-7-15(8-10-21)20-11-13-3-5-14(6-4-13)16(17,18)19/h3-6,12,15,20H,7-11H2,1-2H3. The molecule has 5 heteroatoms. The summed E-state index contributed by atoms with van der Waals surface area (Å²) < 4.78 is 37.4. The molecule has 1 aliphatic heterocycles. The average Bonchev–Trinajstić information content (AvgIpc) is 2.45. The van der Waals surface area contributed by atoms with Crippen LogP contribution in [0.15, 0.2) is 24.3 Å². The number of hydrogen-bond donors (Lipinski definition) is 1. The summed E-state index contributed by atoms with van der Waals surface area (Å²) in [5.41, 5.74) is 0.311. The molecule has 0 spiro atoms. The minimum absolute atomic E-state index is 0.460. The number of piperidine rings is 1. The van der Waals surface area contributed by atoms with E-state index in [-0.39, 0.29) is 0 Å². The van der Waals surface area contributed by atoms with Gasteiger partial charge in [0.25, 0.3) is 0 Å². The SMILES string of the molecule is CC(C)N1CCC(NCc2ccc(C(F)(F)F)cc2)CC1. The molecule has 0 atom stereocenters. The van der Waals surface area contributed by atoms with Crippen LogP contribution in [0.2, 0.25) is 0 Å². The second-order valence-electron chi connectivity index (χ2n) is 5.98. The van der Waals surface area contributed by atoms with Crippen LogP contribution in [0.5, 0.6) is 0 Å². The zero-order valence-corrected chi connectivity index (χ0v) is 12.6. The Morgan fingerprint density at radius 1 is 1.14 bits per heavy atom. The number of nitrogens with one attached hydrogen (secondary N) is 1. The Morgan fingerprint density at radius 3 is 2.19 bits per heavy atom. The van der Waals surface area contributed by atoms with Crippen LogP contribution in [0, 0.1) is 0 Å². The van der Waals surface area contributed by atoms with Crippen molar-refractivity contribution in [3.63, 3.8) is 0 Å². The van der Waals surface area contributed by atoms with Gasteiger partial charge >= 0.3 is 6.18 Å². The van der Waals surface area contributed by atoms with E-state index in [0.717, 1.165) is 43.6 Å². The number of benzene rings is 1. The molecule has 0 aromatic heterocycles. The Bertz CT molecular complexity index is 432. The van der Waals surface area contributed by atoms with E-state index in [1.54, 1.807) is 12.1 Å². The molecule has 1 heterocycles. The van der Waals surface area contributed by atoms with Crippen molar-refractivity contribution in [2.45, 2.75) is 51.5 Å². The molecule has 2 nitrogen and oxygen atoms in total. The lowest BCUT2D eigenvalue weighted by Gasteiger charge is -2.35. The number of alkyl halides is 3. The van der Waals surface area contributed by atoms with Crippen LogP contribution in [0.4, 0.5) is 13.2 Å². The maximum atomic E-state index is 12.5. The van der Waals surface area contributed by atoms with Crippen LogP contribution in [0.3, 0.4) is 0 Å². The molecule has 2 rings (SSSR count). The molecule has 1 aromatic carbocycles. The van der Waals surface area contributed by atoms with Crippen molar-refractivity contribution in [1.29, 1.82) is 0 Å². The first-order valence-corrected chi connectivity index (χ1v) is 7.50. The summed E-state index contributed by atoms with van der Waals surface area (Å²) in [7, 11) is 0. The van der Waals surface area contributed by atoms with Crippen LogP contribution >= 0.6 is 0 Å². The molecule has 1 fully saturated rings. The van der Waals surface area contributed by atoms with Crippen molar-refractivity contribution in [3.8, 4) is 0 Å². The maximum Gasteiger partial charge on any atom is 0.416 e. The second kappa shape index (κ2) is 6.79. The van der Waals surface area contributed by atoms with Gasteiger partial charge in [0.05, 0.1) is 5.56 Å². The van der Waals surface area contributed by atoms with Crippen molar-refractivity contribution < 1.29 is 13.2 Å². The fraction of sp³-hybridized carbons (Fsp3) is 0.625. The smallest absolute Gasteiger partial charge is 0.310 e. The predicted molar refractivity (Wildman–Crippen MR) is 78.0 cm³/mol. The number of likely N-dealkylation sites (tertiary alicyclic amines) is 1. The Morgan fingerprint density at radius 2 is 1.71 bits per heavy atom. The molecule has 1 saturated heterocycles. The number of nitrogens with zero attached hydrogens (tertiary/aromatic N) is 1. The lowest BCUT2D eigenvalue weighted by molar-refractivity contribution is -0.137. The number of halogens is 3. The van der Waals surface area contributed by atoms with Crippen LogP contribution in [-0.2, 0) is 12.7 Å². The Kier molecular flexibility index (Phi) is 5.27. The van der Waals surface area contributed by atoms with Gasteiger partial charge in [-0.05, 0) is 57.5 Å². The van der Waals surface area contributed by atoms with Crippen LogP contribution in [-0.4, -0.2) is 30.1 Å². The molecule has 0 amide bonds. The highest BCUT2D eigenvalue weighted by Crippen LogP contribution is 2.29. The van der Waals surface area contributed by atoms with Crippen molar-refractivity contribution >= 4 is 0 Å². The average molecular weight is 300 g/mol. The summed E-state index contributed by atoms with van der Waals surface area (Å²) in [6, 6.07) is 6.46. The zero-order valence-electron chi connectivity index (χ0n) is 12.6. The van der Waals surface area contributed by atoms with Gasteiger partial charge in [0, 0.05) is 18.6 Å². The predicted octanol–water partition coefficient (Wildman–Crippen LogP) is 3.67. The molecule has 0 bridgehead atoms. The highest BCUT2D eigenvalue weighted by atomic mass is 19.4. The van der Waals surface area contributed by atoms with Crippen LogP contribution in [0.1, 0.15) is 37.8 Å². The molecule has 0 unspecified atom stereocenters. The lowest BCUT2D eigenvalue weighted by Crippen LogP contribution is -2.44. The van der Waals surface area contributed by atoms with Gasteiger partial charge in [0.1, 0.15) is 0 Å². The van der Waals surface area contributed by atoms with E-state index in [2.05, 4.69) is 24.1 Å². The quantitative estimate of drug-likeness (QED) is 0.913. The van der Waals surface area contributed by atoms with E-state index in [1.165, 1.54) is 0 Å². The van der Waals surface area contributed by atoms with Crippen molar-refractivity contribution in [1.82, 2.24) is 10.2 Å². The van der Waals surface area contributed by atoms with Gasteiger partial charge < -0.3 is 10.2 Å². The third-order valence-electron chi connectivity index (χ3n) is 4.14. The summed E-state index contributed by atoms with van der Waals surface area (Å²) in [5.74, 6) is 0. The fourth-order valence-corrected chi connectivity index (χ4v) is 2.69. The first-order valence-electron chi connectivity index (χ1n) is 7.50. The minimum Gasteiger partial charge on any atom is -0.310 e. The molecule has 0 saturated carbocycles. The number of hydrogen-bond acceptors (Lipinski definition) is 2. The van der Waals surface area contributed by atoms with E-state index in [9.17, 15) is 13.2 Å². The summed E-state index contributed by atoms with van der Waals surface area (Å²) in [5, 5.41) is 3.45. The van der Waals surface area contributed by atoms with Gasteiger partial charge in [0.2, 0.25) is 0 Å². The van der Waals surface area contributed by atoms with Gasteiger partial charge in [-0.3, -0.25) is 0 Å². The van der Waals surface area contributed by atoms with Gasteiger partial charge in [0.15, 0.2) is 0 Å². The highest BCUT2D eigenvalue weighted by Gasteiger charge is 2.29. The zero-order chi connectivity index (χ0) is 15.5. The molecule has 0 aliphatic carbocycles. The van der Waals surface area contributed by atoms with Crippen molar-refractivity contribution in [2.24, 2.45) is 0 Å². The molecule has 1 aliphatic rings. The molecular formula is C16H23F3N2. The molecule has 0 radical (unpaired) electrons. The van der Waals surface area contributed by atoms with E-state index in [4.69, 9.17) is 0 Å². The summed E-state index contributed by atoms with van der Waals surface area (Å²) in [6.07, 6.45) is -2.06. The minimum atomic E-state index is -4.25. The summed E-state index contributed by atoms with van der Waals surface area (Å²) in [4.78, 5) is 2.45. The fourth-order valence-electron chi connectivity index (χ4n) is 2.69. The normalized spacial score (nSPS) is 18.4. The Labute approximate surface area is 124 Å². The van der Waals surface area contributed by atoms with Crippen LogP contribution in [0.25, 0.3) is 0 Å². The first kappa shape index (κ1) is 16.3. The van der Waals surface area contributed by atoms with E-state index in [0.29, 0.717) is 18.6 Å². The first-order chi connectivity index (χ1) is 9.86.